The van der Waals surface area contributed by atoms with Gasteiger partial charge in [-0.1, -0.05) is 13.3 Å². The third kappa shape index (κ3) is 4.66. The molecule has 0 bridgehead atoms. The molecule has 0 aromatic heterocycles. The lowest BCUT2D eigenvalue weighted by Gasteiger charge is -2.11. The number of hydrogen-bond acceptors (Lipinski definition) is 3. The highest BCUT2D eigenvalue weighted by Gasteiger charge is 2.10. The second-order valence-electron chi connectivity index (χ2n) is 4.15. The zero-order valence-corrected chi connectivity index (χ0v) is 12.3. The van der Waals surface area contributed by atoms with E-state index in [9.17, 15) is 4.79 Å². The van der Waals surface area contributed by atoms with Crippen LogP contribution >= 0.6 is 15.9 Å². The molecule has 1 aromatic rings. The zero-order valence-electron chi connectivity index (χ0n) is 10.7. The van der Waals surface area contributed by atoms with Gasteiger partial charge in [-0.2, -0.15) is 0 Å². The number of rotatable bonds is 6. The fourth-order valence-corrected chi connectivity index (χ4v) is 2.07. The SMILES string of the molecule is CCCC(N)CC(=O)Nc1ccc(Br)c(OC)c1. The van der Waals surface area contributed by atoms with Crippen molar-refractivity contribution in [3.05, 3.63) is 22.7 Å². The quantitative estimate of drug-likeness (QED) is 0.848. The predicted octanol–water partition coefficient (Wildman–Crippen LogP) is 2.91. The summed E-state index contributed by atoms with van der Waals surface area (Å²) < 4.78 is 6.02. The van der Waals surface area contributed by atoms with Gasteiger partial charge in [-0.25, -0.2) is 0 Å². The third-order valence-electron chi connectivity index (χ3n) is 2.54. The van der Waals surface area contributed by atoms with Gasteiger partial charge in [0.25, 0.3) is 0 Å². The summed E-state index contributed by atoms with van der Waals surface area (Å²) in [5, 5.41) is 2.81. The average Bonchev–Trinajstić information content (AvgIpc) is 2.31. The standard InChI is InChI=1S/C13H19BrN2O2/c1-3-4-9(15)7-13(17)16-10-5-6-11(14)12(8-10)18-2/h5-6,8-9H,3-4,7,15H2,1-2H3,(H,16,17). The van der Waals surface area contributed by atoms with Crippen LogP contribution in [0.1, 0.15) is 26.2 Å². The van der Waals surface area contributed by atoms with E-state index >= 15 is 0 Å². The van der Waals surface area contributed by atoms with E-state index in [4.69, 9.17) is 10.5 Å². The average molecular weight is 315 g/mol. The maximum Gasteiger partial charge on any atom is 0.225 e. The van der Waals surface area contributed by atoms with E-state index in [1.54, 1.807) is 13.2 Å². The first-order valence-electron chi connectivity index (χ1n) is 5.95. The number of hydrogen-bond donors (Lipinski definition) is 2. The number of carbonyl (C=O) groups excluding carboxylic acids is 1. The van der Waals surface area contributed by atoms with Crippen molar-refractivity contribution in [1.82, 2.24) is 0 Å². The molecule has 0 aliphatic rings. The van der Waals surface area contributed by atoms with Gasteiger partial charge >= 0.3 is 0 Å². The first-order valence-corrected chi connectivity index (χ1v) is 6.75. The van der Waals surface area contributed by atoms with Crippen LogP contribution in [-0.2, 0) is 4.79 Å². The Kier molecular flexibility index (Phi) is 6.15. The van der Waals surface area contributed by atoms with Crippen molar-refractivity contribution in [3.63, 3.8) is 0 Å². The number of halogens is 1. The van der Waals surface area contributed by atoms with E-state index < -0.39 is 0 Å². The lowest BCUT2D eigenvalue weighted by atomic mass is 10.1. The summed E-state index contributed by atoms with van der Waals surface area (Å²) >= 11 is 3.36. The summed E-state index contributed by atoms with van der Waals surface area (Å²) in [4.78, 5) is 11.7. The molecule has 0 heterocycles. The minimum Gasteiger partial charge on any atom is -0.495 e. The van der Waals surface area contributed by atoms with Crippen molar-refractivity contribution >= 4 is 27.5 Å². The molecule has 1 atom stereocenters. The molecule has 1 rings (SSSR count). The number of amides is 1. The van der Waals surface area contributed by atoms with E-state index in [1.807, 2.05) is 12.1 Å². The minimum absolute atomic E-state index is 0.0691. The zero-order chi connectivity index (χ0) is 13.5. The second-order valence-corrected chi connectivity index (χ2v) is 5.00. The molecule has 5 heteroatoms. The fraction of sp³-hybridized carbons (Fsp3) is 0.462. The molecule has 0 fully saturated rings. The van der Waals surface area contributed by atoms with Gasteiger partial charge in [0.2, 0.25) is 5.91 Å². The molecule has 4 nitrogen and oxygen atoms in total. The summed E-state index contributed by atoms with van der Waals surface area (Å²) in [6, 6.07) is 5.34. The molecule has 0 spiro atoms. The Morgan fingerprint density at radius 2 is 2.28 bits per heavy atom. The number of ether oxygens (including phenoxy) is 1. The molecular formula is C13H19BrN2O2. The molecule has 100 valence electrons. The predicted molar refractivity (Wildman–Crippen MR) is 76.8 cm³/mol. The van der Waals surface area contributed by atoms with Crippen LogP contribution in [0.2, 0.25) is 0 Å². The smallest absolute Gasteiger partial charge is 0.225 e. The van der Waals surface area contributed by atoms with Crippen molar-refractivity contribution in [3.8, 4) is 5.75 Å². The highest BCUT2D eigenvalue weighted by atomic mass is 79.9. The van der Waals surface area contributed by atoms with E-state index in [1.165, 1.54) is 0 Å². The van der Waals surface area contributed by atoms with Crippen LogP contribution in [0.15, 0.2) is 22.7 Å². The minimum atomic E-state index is -0.0765. The summed E-state index contributed by atoms with van der Waals surface area (Å²) in [5.41, 5.74) is 6.54. The maximum atomic E-state index is 11.7. The first kappa shape index (κ1) is 15.0. The first-order chi connectivity index (χ1) is 8.56. The Morgan fingerprint density at radius 1 is 1.56 bits per heavy atom. The molecule has 18 heavy (non-hydrogen) atoms. The molecule has 0 aliphatic carbocycles. The lowest BCUT2D eigenvalue weighted by Crippen LogP contribution is -2.26. The van der Waals surface area contributed by atoms with E-state index in [-0.39, 0.29) is 11.9 Å². The summed E-state index contributed by atoms with van der Waals surface area (Å²) in [5.74, 6) is 0.617. The Bertz CT molecular complexity index is 410. The van der Waals surface area contributed by atoms with Gasteiger partial charge in [0, 0.05) is 24.2 Å². The van der Waals surface area contributed by atoms with Crippen LogP contribution in [0.5, 0.6) is 5.75 Å². The Morgan fingerprint density at radius 3 is 2.89 bits per heavy atom. The van der Waals surface area contributed by atoms with Crippen LogP contribution in [0.3, 0.4) is 0 Å². The van der Waals surface area contributed by atoms with Gasteiger partial charge < -0.3 is 15.8 Å². The molecule has 0 saturated heterocycles. The van der Waals surface area contributed by atoms with E-state index in [0.29, 0.717) is 17.9 Å². The van der Waals surface area contributed by atoms with Crippen LogP contribution in [0, 0.1) is 0 Å². The molecule has 0 radical (unpaired) electrons. The number of nitrogens with two attached hydrogens (primary N) is 1. The van der Waals surface area contributed by atoms with Crippen molar-refractivity contribution in [1.29, 1.82) is 0 Å². The van der Waals surface area contributed by atoms with Crippen molar-refractivity contribution in [2.45, 2.75) is 32.2 Å². The molecule has 1 amide bonds. The lowest BCUT2D eigenvalue weighted by molar-refractivity contribution is -0.116. The number of benzene rings is 1. The van der Waals surface area contributed by atoms with Gasteiger partial charge in [-0.3, -0.25) is 4.79 Å². The maximum absolute atomic E-state index is 11.7. The van der Waals surface area contributed by atoms with Crippen LogP contribution < -0.4 is 15.8 Å². The van der Waals surface area contributed by atoms with Crippen LogP contribution in [0.25, 0.3) is 0 Å². The van der Waals surface area contributed by atoms with Crippen molar-refractivity contribution in [2.75, 3.05) is 12.4 Å². The largest absolute Gasteiger partial charge is 0.495 e. The highest BCUT2D eigenvalue weighted by molar-refractivity contribution is 9.10. The second kappa shape index (κ2) is 7.38. The van der Waals surface area contributed by atoms with E-state index in [0.717, 1.165) is 17.3 Å². The summed E-state index contributed by atoms with van der Waals surface area (Å²) in [6.07, 6.45) is 2.18. The molecular weight excluding hydrogens is 296 g/mol. The number of carbonyl (C=O) groups is 1. The van der Waals surface area contributed by atoms with Crippen LogP contribution in [-0.4, -0.2) is 19.1 Å². The van der Waals surface area contributed by atoms with Gasteiger partial charge in [-0.05, 0) is 34.5 Å². The molecule has 0 aliphatic heterocycles. The van der Waals surface area contributed by atoms with Gasteiger partial charge in [0.15, 0.2) is 0 Å². The monoisotopic (exact) mass is 314 g/mol. The Balaban J connectivity index is 2.59. The summed E-state index contributed by atoms with van der Waals surface area (Å²) in [7, 11) is 1.59. The van der Waals surface area contributed by atoms with Crippen molar-refractivity contribution in [2.24, 2.45) is 5.73 Å². The Hall–Kier alpha value is -1.07. The van der Waals surface area contributed by atoms with Gasteiger partial charge in [0.1, 0.15) is 5.75 Å². The molecule has 3 N–H and O–H groups in total. The molecule has 1 unspecified atom stereocenters. The number of methoxy groups -OCH3 is 1. The van der Waals surface area contributed by atoms with Gasteiger partial charge in [0.05, 0.1) is 11.6 Å². The molecule has 0 saturated carbocycles. The normalized spacial score (nSPS) is 12.0. The summed E-state index contributed by atoms with van der Waals surface area (Å²) in [6.45, 7) is 2.05. The van der Waals surface area contributed by atoms with Crippen molar-refractivity contribution < 1.29 is 9.53 Å². The van der Waals surface area contributed by atoms with Gasteiger partial charge in [-0.15, -0.1) is 0 Å². The van der Waals surface area contributed by atoms with Crippen LogP contribution in [0.4, 0.5) is 5.69 Å². The fourth-order valence-electron chi connectivity index (χ4n) is 1.66. The number of nitrogens with one attached hydrogen (secondary N) is 1. The third-order valence-corrected chi connectivity index (χ3v) is 3.20. The highest BCUT2D eigenvalue weighted by Crippen LogP contribution is 2.27. The number of anilines is 1. The topological polar surface area (TPSA) is 64.4 Å². The van der Waals surface area contributed by atoms with E-state index in [2.05, 4.69) is 28.2 Å². The Labute approximate surface area is 116 Å². The molecule has 1 aromatic carbocycles.